The van der Waals surface area contributed by atoms with E-state index >= 15 is 0 Å². The summed E-state index contributed by atoms with van der Waals surface area (Å²) < 4.78 is 44.1. The van der Waals surface area contributed by atoms with Gasteiger partial charge in [0.1, 0.15) is 10.7 Å². The molecule has 0 aromatic carbocycles. The summed E-state index contributed by atoms with van der Waals surface area (Å²) >= 11 is 0.849. The predicted molar refractivity (Wildman–Crippen MR) is 91.2 cm³/mol. The van der Waals surface area contributed by atoms with Crippen molar-refractivity contribution in [3.8, 4) is 0 Å². The van der Waals surface area contributed by atoms with Crippen molar-refractivity contribution in [2.45, 2.75) is 26.9 Å². The number of Topliss-reactive ketones (excluding diaryl/α,β-unsaturated/α-hetero) is 1. The first-order valence-corrected chi connectivity index (χ1v) is 8.53. The van der Waals surface area contributed by atoms with Gasteiger partial charge in [-0.3, -0.25) is 14.3 Å². The lowest BCUT2D eigenvalue weighted by atomic mass is 10.1. The van der Waals surface area contributed by atoms with Crippen LogP contribution in [0.2, 0.25) is 0 Å². The normalized spacial score (nSPS) is 11.4. The first-order chi connectivity index (χ1) is 12.5. The van der Waals surface area contributed by atoms with E-state index in [2.05, 4.69) is 10.4 Å². The number of nitrogens with one attached hydrogen (secondary N) is 1. The summed E-state index contributed by atoms with van der Waals surface area (Å²) in [5.74, 6) is -2.00. The van der Waals surface area contributed by atoms with Crippen molar-refractivity contribution in [1.82, 2.24) is 9.78 Å². The van der Waals surface area contributed by atoms with Gasteiger partial charge in [-0.1, -0.05) is 0 Å². The molecule has 2 heterocycles. The van der Waals surface area contributed by atoms with Crippen LogP contribution >= 0.6 is 11.3 Å². The van der Waals surface area contributed by atoms with Gasteiger partial charge in [-0.05, 0) is 26.3 Å². The van der Waals surface area contributed by atoms with Crippen molar-refractivity contribution in [2.24, 2.45) is 7.05 Å². The van der Waals surface area contributed by atoms with E-state index < -0.39 is 29.4 Å². The highest BCUT2D eigenvalue weighted by molar-refractivity contribution is 7.18. The van der Waals surface area contributed by atoms with Crippen LogP contribution in [0.25, 0.3) is 0 Å². The summed E-state index contributed by atoms with van der Waals surface area (Å²) in [5.41, 5.74) is -1.24. The molecule has 0 aliphatic carbocycles. The minimum atomic E-state index is -4.67. The molecule has 0 fully saturated rings. The number of alkyl halides is 3. The highest BCUT2D eigenvalue weighted by Gasteiger charge is 2.36. The summed E-state index contributed by atoms with van der Waals surface area (Å²) in [7, 11) is 1.06. The fraction of sp³-hybridized carbons (Fsp3) is 0.375. The molecule has 146 valence electrons. The number of aromatic nitrogens is 2. The number of aryl methyl sites for hydroxylation is 1. The van der Waals surface area contributed by atoms with Crippen LogP contribution in [0.15, 0.2) is 6.07 Å². The molecule has 1 amide bonds. The summed E-state index contributed by atoms with van der Waals surface area (Å²) in [6, 6.07) is 0.603. The van der Waals surface area contributed by atoms with Crippen molar-refractivity contribution < 1.29 is 32.3 Å². The number of carbonyl (C=O) groups excluding carboxylic acids is 3. The molecule has 2 aromatic rings. The molecular formula is C16H16F3N3O4S. The van der Waals surface area contributed by atoms with Crippen molar-refractivity contribution in [3.63, 3.8) is 0 Å². The molecule has 0 unspecified atom stereocenters. The van der Waals surface area contributed by atoms with Gasteiger partial charge in [0.05, 0.1) is 17.0 Å². The molecule has 0 aliphatic rings. The number of ether oxygens (including phenoxy) is 1. The first-order valence-electron chi connectivity index (χ1n) is 7.71. The number of nitrogens with zero attached hydrogens (tertiary/aromatic N) is 2. The van der Waals surface area contributed by atoms with Gasteiger partial charge in [-0.25, -0.2) is 4.79 Å². The first kappa shape index (κ1) is 20.6. The lowest BCUT2D eigenvalue weighted by Crippen LogP contribution is -2.15. The second kappa shape index (κ2) is 7.51. The molecule has 1 N–H and O–H groups in total. The predicted octanol–water partition coefficient (Wildman–Crippen LogP) is 3.44. The number of thiophene rings is 1. The molecule has 7 nitrogen and oxygen atoms in total. The number of hydrogen-bond acceptors (Lipinski definition) is 6. The van der Waals surface area contributed by atoms with Crippen LogP contribution in [0.3, 0.4) is 0 Å². The van der Waals surface area contributed by atoms with E-state index in [1.54, 1.807) is 6.92 Å². The number of rotatable bonds is 5. The molecular weight excluding hydrogens is 387 g/mol. The molecule has 2 aromatic heterocycles. The Morgan fingerprint density at radius 3 is 2.44 bits per heavy atom. The number of carbonyl (C=O) groups is 3. The van der Waals surface area contributed by atoms with Crippen molar-refractivity contribution in [1.29, 1.82) is 0 Å². The topological polar surface area (TPSA) is 90.3 Å². The van der Waals surface area contributed by atoms with E-state index in [1.165, 1.54) is 13.8 Å². The zero-order valence-corrected chi connectivity index (χ0v) is 15.7. The Labute approximate surface area is 156 Å². The van der Waals surface area contributed by atoms with Crippen LogP contribution in [0.4, 0.5) is 18.2 Å². The number of anilines is 1. The van der Waals surface area contributed by atoms with Crippen molar-refractivity contribution in [3.05, 3.63) is 33.5 Å². The average molecular weight is 403 g/mol. The van der Waals surface area contributed by atoms with Crippen molar-refractivity contribution in [2.75, 3.05) is 11.9 Å². The van der Waals surface area contributed by atoms with Gasteiger partial charge in [0, 0.05) is 13.1 Å². The number of halogens is 3. The lowest BCUT2D eigenvalue weighted by molar-refractivity contribution is -0.143. The molecule has 27 heavy (non-hydrogen) atoms. The Hall–Kier alpha value is -2.69. The molecule has 0 bridgehead atoms. The Kier molecular flexibility index (Phi) is 5.73. The maximum Gasteiger partial charge on any atom is 0.433 e. The van der Waals surface area contributed by atoms with Gasteiger partial charge >= 0.3 is 12.1 Å². The van der Waals surface area contributed by atoms with Gasteiger partial charge in [-0.15, -0.1) is 11.3 Å². The maximum atomic E-state index is 12.9. The highest BCUT2D eigenvalue weighted by Crippen LogP contribution is 2.35. The zero-order chi connectivity index (χ0) is 20.5. The molecule has 11 heteroatoms. The average Bonchev–Trinajstić information content (AvgIpc) is 3.08. The molecule has 0 saturated heterocycles. The maximum absolute atomic E-state index is 12.9. The lowest BCUT2D eigenvalue weighted by Gasteiger charge is -2.06. The third-order valence-electron chi connectivity index (χ3n) is 3.58. The summed E-state index contributed by atoms with van der Waals surface area (Å²) in [4.78, 5) is 36.5. The van der Waals surface area contributed by atoms with Gasteiger partial charge in [0.2, 0.25) is 0 Å². The molecule has 0 aliphatic heterocycles. The minimum absolute atomic E-state index is 0.00706. The van der Waals surface area contributed by atoms with E-state index in [4.69, 9.17) is 4.74 Å². The Morgan fingerprint density at radius 1 is 1.33 bits per heavy atom. The molecule has 0 spiro atoms. The summed E-state index contributed by atoms with van der Waals surface area (Å²) in [5, 5.41) is 5.93. The van der Waals surface area contributed by atoms with Crippen LogP contribution in [0.5, 0.6) is 0 Å². The van der Waals surface area contributed by atoms with Crippen molar-refractivity contribution >= 4 is 34.0 Å². The Balaban J connectivity index is 2.42. The van der Waals surface area contributed by atoms with Crippen LogP contribution in [-0.4, -0.2) is 34.0 Å². The van der Waals surface area contributed by atoms with Crippen LogP contribution in [0, 0.1) is 6.92 Å². The van der Waals surface area contributed by atoms with E-state index in [-0.39, 0.29) is 27.8 Å². The molecule has 0 atom stereocenters. The van der Waals surface area contributed by atoms with E-state index in [1.807, 2.05) is 0 Å². The quantitative estimate of drug-likeness (QED) is 0.610. The van der Waals surface area contributed by atoms with E-state index in [0.717, 1.165) is 18.4 Å². The third-order valence-corrected chi connectivity index (χ3v) is 4.88. The van der Waals surface area contributed by atoms with E-state index in [9.17, 15) is 27.6 Å². The number of ketones is 1. The van der Waals surface area contributed by atoms with Crippen LogP contribution < -0.4 is 5.32 Å². The zero-order valence-electron chi connectivity index (χ0n) is 14.9. The highest BCUT2D eigenvalue weighted by atomic mass is 32.1. The smallest absolute Gasteiger partial charge is 0.433 e. The number of hydrogen-bond donors (Lipinski definition) is 1. The Morgan fingerprint density at radius 2 is 1.96 bits per heavy atom. The minimum Gasteiger partial charge on any atom is -0.462 e. The number of esters is 1. The summed E-state index contributed by atoms with van der Waals surface area (Å²) in [6.07, 6.45) is -4.67. The largest absolute Gasteiger partial charge is 0.462 e. The Bertz CT molecular complexity index is 915. The molecule has 0 radical (unpaired) electrons. The fourth-order valence-corrected chi connectivity index (χ4v) is 3.48. The molecule has 2 rings (SSSR count). The van der Waals surface area contributed by atoms with E-state index in [0.29, 0.717) is 16.3 Å². The standard InChI is InChI=1S/C16H16F3N3O4S/c1-5-26-15(25)11-7(2)12(8(3)23)27-14(11)20-13(24)9-6-10(16(17,18)19)22(4)21-9/h6H,5H2,1-4H3,(H,20,24). The third kappa shape index (κ3) is 4.18. The SMILES string of the molecule is CCOC(=O)c1c(NC(=O)c2cc(C(F)(F)F)n(C)n2)sc(C(C)=O)c1C. The van der Waals surface area contributed by atoms with Gasteiger partial charge in [-0.2, -0.15) is 18.3 Å². The van der Waals surface area contributed by atoms with Gasteiger partial charge < -0.3 is 10.1 Å². The fourth-order valence-electron chi connectivity index (χ4n) is 2.40. The second-order valence-corrected chi connectivity index (χ2v) is 6.55. The molecule has 0 saturated carbocycles. The second-order valence-electron chi connectivity index (χ2n) is 5.53. The monoisotopic (exact) mass is 403 g/mol. The summed E-state index contributed by atoms with van der Waals surface area (Å²) in [6.45, 7) is 4.49. The van der Waals surface area contributed by atoms with Gasteiger partial charge in [0.15, 0.2) is 11.5 Å². The number of amides is 1. The van der Waals surface area contributed by atoms with Crippen LogP contribution in [-0.2, 0) is 18.0 Å². The van der Waals surface area contributed by atoms with Gasteiger partial charge in [0.25, 0.3) is 5.91 Å². The van der Waals surface area contributed by atoms with Crippen LogP contribution in [0.1, 0.15) is 55.6 Å².